The van der Waals surface area contributed by atoms with Crippen LogP contribution in [-0.2, 0) is 29.8 Å². The van der Waals surface area contributed by atoms with Crippen molar-refractivity contribution in [3.8, 4) is 0 Å². The number of rotatable bonds is 7. The quantitative estimate of drug-likeness (QED) is 0.533. The minimum atomic E-state index is -3.79. The molecular formula is C10H21N3O6S2. The molecule has 1 fully saturated rings. The molecule has 11 heteroatoms. The molecule has 1 rings (SSSR count). The number of sulfonamides is 1. The van der Waals surface area contributed by atoms with Crippen molar-refractivity contribution in [2.24, 2.45) is 11.1 Å². The van der Waals surface area contributed by atoms with E-state index in [1.165, 1.54) is 4.31 Å². The zero-order valence-electron chi connectivity index (χ0n) is 11.8. The first-order chi connectivity index (χ1) is 9.64. The van der Waals surface area contributed by atoms with E-state index in [1.807, 2.05) is 0 Å². The van der Waals surface area contributed by atoms with Gasteiger partial charge in [-0.05, 0) is 25.7 Å². The van der Waals surface area contributed by atoms with Gasteiger partial charge < -0.3 is 4.74 Å². The number of carbonyl (C=O) groups excluding carboxylic acids is 1. The van der Waals surface area contributed by atoms with Gasteiger partial charge in [0.25, 0.3) is 10.2 Å². The number of hydrogen-bond acceptors (Lipinski definition) is 6. The number of nitrogens with zero attached hydrogens (tertiary/aromatic N) is 1. The number of ether oxygens (including phenoxy) is 1. The summed E-state index contributed by atoms with van der Waals surface area (Å²) < 4.78 is 53.8. The molecule has 1 aliphatic heterocycles. The molecule has 1 aliphatic rings. The lowest BCUT2D eigenvalue weighted by molar-refractivity contribution is -0.140. The summed E-state index contributed by atoms with van der Waals surface area (Å²) in [7, 11) is -7.54. The van der Waals surface area contributed by atoms with E-state index in [9.17, 15) is 21.6 Å². The SMILES string of the molecule is CCOC(=O)CS(=O)(=O)N1CCCC(CNS(N)(=O)=O)C1. The molecule has 0 radical (unpaired) electrons. The molecule has 3 N–H and O–H groups in total. The van der Waals surface area contributed by atoms with Crippen LogP contribution in [0.4, 0.5) is 0 Å². The maximum absolute atomic E-state index is 12.1. The van der Waals surface area contributed by atoms with Gasteiger partial charge >= 0.3 is 5.97 Å². The second-order valence-corrected chi connectivity index (χ2v) is 8.17. The fourth-order valence-corrected chi connectivity index (χ4v) is 4.00. The maximum Gasteiger partial charge on any atom is 0.322 e. The number of nitrogens with one attached hydrogen (secondary N) is 1. The second-order valence-electron chi connectivity index (χ2n) is 4.82. The van der Waals surface area contributed by atoms with Gasteiger partial charge in [-0.1, -0.05) is 0 Å². The summed E-state index contributed by atoms with van der Waals surface area (Å²) in [6, 6.07) is 0. The van der Waals surface area contributed by atoms with Gasteiger partial charge in [-0.2, -0.15) is 8.42 Å². The van der Waals surface area contributed by atoms with Crippen LogP contribution < -0.4 is 9.86 Å². The van der Waals surface area contributed by atoms with Crippen molar-refractivity contribution in [3.05, 3.63) is 0 Å². The van der Waals surface area contributed by atoms with Gasteiger partial charge in [-0.25, -0.2) is 22.6 Å². The molecule has 0 saturated carbocycles. The lowest BCUT2D eigenvalue weighted by atomic mass is 10.0. The Hall–Kier alpha value is -0.750. The first-order valence-corrected chi connectivity index (χ1v) is 9.70. The van der Waals surface area contributed by atoms with Crippen LogP contribution in [0.5, 0.6) is 0 Å². The molecule has 21 heavy (non-hydrogen) atoms. The second kappa shape index (κ2) is 7.49. The van der Waals surface area contributed by atoms with Crippen molar-refractivity contribution in [1.82, 2.24) is 9.03 Å². The highest BCUT2D eigenvalue weighted by molar-refractivity contribution is 7.89. The lowest BCUT2D eigenvalue weighted by Crippen LogP contribution is -2.46. The highest BCUT2D eigenvalue weighted by Crippen LogP contribution is 2.19. The molecule has 0 aromatic heterocycles. The van der Waals surface area contributed by atoms with E-state index in [-0.39, 0.29) is 25.6 Å². The van der Waals surface area contributed by atoms with Gasteiger partial charge in [0, 0.05) is 19.6 Å². The average molecular weight is 343 g/mol. The third-order valence-corrected chi connectivity index (χ3v) is 5.34. The van der Waals surface area contributed by atoms with Crippen LogP contribution in [0.3, 0.4) is 0 Å². The summed E-state index contributed by atoms with van der Waals surface area (Å²) in [5.41, 5.74) is 0. The largest absolute Gasteiger partial charge is 0.465 e. The van der Waals surface area contributed by atoms with Crippen LogP contribution in [0.2, 0.25) is 0 Å². The Morgan fingerprint density at radius 3 is 2.62 bits per heavy atom. The van der Waals surface area contributed by atoms with Gasteiger partial charge in [-0.3, -0.25) is 4.79 Å². The summed E-state index contributed by atoms with van der Waals surface area (Å²) >= 11 is 0. The molecule has 124 valence electrons. The first-order valence-electron chi connectivity index (χ1n) is 6.55. The molecule has 0 aliphatic carbocycles. The number of carbonyl (C=O) groups is 1. The van der Waals surface area contributed by atoms with Gasteiger partial charge in [0.15, 0.2) is 5.75 Å². The van der Waals surface area contributed by atoms with Crippen molar-refractivity contribution in [2.45, 2.75) is 19.8 Å². The van der Waals surface area contributed by atoms with Crippen molar-refractivity contribution < 1.29 is 26.4 Å². The molecule has 0 aromatic rings. The van der Waals surface area contributed by atoms with Crippen molar-refractivity contribution >= 4 is 26.2 Å². The zero-order chi connectivity index (χ0) is 16.1. The Balaban J connectivity index is 2.60. The fraction of sp³-hybridized carbons (Fsp3) is 0.900. The highest BCUT2D eigenvalue weighted by atomic mass is 32.2. The maximum atomic E-state index is 12.1. The normalized spacial score (nSPS) is 21.1. The number of nitrogens with two attached hydrogens (primary N) is 1. The number of esters is 1. The summed E-state index contributed by atoms with van der Waals surface area (Å²) in [6.07, 6.45) is 1.28. The van der Waals surface area contributed by atoms with Gasteiger partial charge in [0.05, 0.1) is 6.61 Å². The predicted octanol–water partition coefficient (Wildman–Crippen LogP) is -1.62. The third-order valence-electron chi connectivity index (χ3n) is 3.05. The molecule has 0 bridgehead atoms. The summed E-state index contributed by atoms with van der Waals surface area (Å²) in [5, 5.41) is 4.84. The van der Waals surface area contributed by atoms with E-state index in [0.29, 0.717) is 19.4 Å². The van der Waals surface area contributed by atoms with Crippen LogP contribution in [0.25, 0.3) is 0 Å². The summed E-state index contributed by atoms with van der Waals surface area (Å²) in [6.45, 7) is 2.26. The van der Waals surface area contributed by atoms with Crippen LogP contribution >= 0.6 is 0 Å². The fourth-order valence-electron chi connectivity index (χ4n) is 2.12. The minimum absolute atomic E-state index is 0.0737. The Morgan fingerprint density at radius 1 is 1.38 bits per heavy atom. The molecule has 1 saturated heterocycles. The van der Waals surface area contributed by atoms with Crippen molar-refractivity contribution in [3.63, 3.8) is 0 Å². The third kappa shape index (κ3) is 6.70. The topological polar surface area (TPSA) is 136 Å². The van der Waals surface area contributed by atoms with Crippen LogP contribution in [0, 0.1) is 5.92 Å². The Morgan fingerprint density at radius 2 is 2.05 bits per heavy atom. The first kappa shape index (κ1) is 18.3. The van der Waals surface area contributed by atoms with E-state index >= 15 is 0 Å². The van der Waals surface area contributed by atoms with Gasteiger partial charge in [-0.15, -0.1) is 0 Å². The molecular weight excluding hydrogens is 322 g/mol. The molecule has 1 unspecified atom stereocenters. The van der Waals surface area contributed by atoms with Gasteiger partial charge in [0.1, 0.15) is 0 Å². The Kier molecular flexibility index (Phi) is 6.53. The van der Waals surface area contributed by atoms with E-state index < -0.39 is 32.0 Å². The highest BCUT2D eigenvalue weighted by Gasteiger charge is 2.31. The molecule has 0 aromatic carbocycles. The predicted molar refractivity (Wildman–Crippen MR) is 75.8 cm³/mol. The monoisotopic (exact) mass is 343 g/mol. The average Bonchev–Trinajstić information content (AvgIpc) is 2.35. The number of hydrogen-bond donors (Lipinski definition) is 2. The number of piperidine rings is 1. The van der Waals surface area contributed by atoms with E-state index in [1.54, 1.807) is 6.92 Å². The summed E-state index contributed by atoms with van der Waals surface area (Å²) in [4.78, 5) is 11.3. The molecule has 1 atom stereocenters. The molecule has 9 nitrogen and oxygen atoms in total. The Labute approximate surface area is 125 Å². The van der Waals surface area contributed by atoms with Crippen LogP contribution in [0.1, 0.15) is 19.8 Å². The van der Waals surface area contributed by atoms with Crippen LogP contribution in [-0.4, -0.2) is 59.1 Å². The smallest absolute Gasteiger partial charge is 0.322 e. The standard InChI is InChI=1S/C10H21N3O6S2/c1-2-19-10(14)8-20(15,16)13-5-3-4-9(7-13)6-12-21(11,17)18/h9,12H,2-8H2,1H3,(H2,11,17,18). The van der Waals surface area contributed by atoms with Crippen molar-refractivity contribution in [1.29, 1.82) is 0 Å². The van der Waals surface area contributed by atoms with E-state index in [0.717, 1.165) is 0 Å². The zero-order valence-corrected chi connectivity index (χ0v) is 13.5. The van der Waals surface area contributed by atoms with E-state index in [2.05, 4.69) is 9.46 Å². The van der Waals surface area contributed by atoms with Crippen LogP contribution in [0.15, 0.2) is 0 Å². The minimum Gasteiger partial charge on any atom is -0.465 e. The lowest BCUT2D eigenvalue weighted by Gasteiger charge is -2.31. The summed E-state index contributed by atoms with van der Waals surface area (Å²) in [5.74, 6) is -1.66. The molecule has 1 heterocycles. The van der Waals surface area contributed by atoms with Gasteiger partial charge in [0.2, 0.25) is 10.0 Å². The Bertz CT molecular complexity index is 559. The van der Waals surface area contributed by atoms with Crippen molar-refractivity contribution in [2.75, 3.05) is 32.0 Å². The molecule has 0 amide bonds. The van der Waals surface area contributed by atoms with E-state index in [4.69, 9.17) is 5.14 Å². The molecule has 0 spiro atoms.